The van der Waals surface area contributed by atoms with Crippen molar-refractivity contribution in [2.75, 3.05) is 24.6 Å². The van der Waals surface area contributed by atoms with Gasteiger partial charge in [0, 0.05) is 43.9 Å². The predicted octanol–water partition coefficient (Wildman–Crippen LogP) is 1.83. The Balaban J connectivity index is 1.29. The average molecular weight is 412 g/mol. The molecule has 2 saturated heterocycles. The van der Waals surface area contributed by atoms with E-state index in [0.717, 1.165) is 37.2 Å². The van der Waals surface area contributed by atoms with Crippen molar-refractivity contribution in [2.45, 2.75) is 57.5 Å². The summed E-state index contributed by atoms with van der Waals surface area (Å²) in [6.07, 6.45) is 6.44. The number of anilines is 1. The Kier molecular flexibility index (Phi) is 4.81. The molecule has 7 nitrogen and oxygen atoms in total. The zero-order valence-corrected chi connectivity index (χ0v) is 17.2. The molecule has 4 aliphatic rings. The van der Waals surface area contributed by atoms with E-state index in [-0.39, 0.29) is 24.1 Å². The number of rotatable bonds is 3. The molecule has 0 bridgehead atoms. The molecule has 0 aromatic heterocycles. The fraction of sp³-hybridized carbons (Fsp3) is 0.609. The summed E-state index contributed by atoms with van der Waals surface area (Å²) < 4.78 is 0. The molecule has 3 heterocycles. The number of fused-ring (bicyclic) bond motifs is 1. The van der Waals surface area contributed by atoms with Crippen molar-refractivity contribution in [3.8, 4) is 0 Å². The highest BCUT2D eigenvalue weighted by Gasteiger charge is 2.42. The average Bonchev–Trinajstić information content (AvgIpc) is 3.30. The largest absolute Gasteiger partial charge is 0.396 e. The molecule has 3 aliphatic heterocycles. The monoisotopic (exact) mass is 411 g/mol. The Labute approximate surface area is 176 Å². The first-order chi connectivity index (χ1) is 14.5. The van der Waals surface area contributed by atoms with Crippen molar-refractivity contribution in [1.29, 1.82) is 0 Å². The molecule has 30 heavy (non-hydrogen) atoms. The molecule has 3 fully saturated rings. The van der Waals surface area contributed by atoms with Crippen LogP contribution in [0.2, 0.25) is 0 Å². The molecular formula is C23H29N3O4. The van der Waals surface area contributed by atoms with Gasteiger partial charge >= 0.3 is 0 Å². The second kappa shape index (κ2) is 7.38. The van der Waals surface area contributed by atoms with Crippen LogP contribution in [0, 0.1) is 11.3 Å². The van der Waals surface area contributed by atoms with Gasteiger partial charge in [-0.05, 0) is 73.6 Å². The van der Waals surface area contributed by atoms with Crippen LogP contribution in [0.1, 0.15) is 60.9 Å². The molecule has 3 amide bonds. The van der Waals surface area contributed by atoms with Gasteiger partial charge < -0.3 is 14.9 Å². The third-order valence-electron chi connectivity index (χ3n) is 7.73. The summed E-state index contributed by atoms with van der Waals surface area (Å²) in [6.45, 7) is 2.79. The minimum Gasteiger partial charge on any atom is -0.396 e. The maximum Gasteiger partial charge on any atom is 0.255 e. The van der Waals surface area contributed by atoms with Crippen molar-refractivity contribution in [1.82, 2.24) is 10.2 Å². The van der Waals surface area contributed by atoms with Crippen molar-refractivity contribution in [3.63, 3.8) is 0 Å². The topological polar surface area (TPSA) is 90.0 Å². The number of nitrogens with zero attached hydrogens (tertiary/aromatic N) is 2. The van der Waals surface area contributed by atoms with Gasteiger partial charge in [0.25, 0.3) is 5.91 Å². The first-order valence-corrected chi connectivity index (χ1v) is 11.1. The molecule has 1 aromatic carbocycles. The van der Waals surface area contributed by atoms with Gasteiger partial charge in [-0.25, -0.2) is 0 Å². The third-order valence-corrected chi connectivity index (χ3v) is 7.73. The van der Waals surface area contributed by atoms with Crippen LogP contribution in [0.25, 0.3) is 0 Å². The Hall–Kier alpha value is -2.41. The Bertz CT molecular complexity index is 890. The summed E-state index contributed by atoms with van der Waals surface area (Å²) >= 11 is 0. The van der Waals surface area contributed by atoms with E-state index < -0.39 is 6.04 Å². The number of benzene rings is 1. The number of piperidine rings is 1. The summed E-state index contributed by atoms with van der Waals surface area (Å²) in [4.78, 5) is 40.6. The highest BCUT2D eigenvalue weighted by Crippen LogP contribution is 2.46. The molecule has 1 spiro atoms. The fourth-order valence-corrected chi connectivity index (χ4v) is 5.79. The second-order valence-electron chi connectivity index (χ2n) is 9.54. The molecule has 1 aliphatic carbocycles. The SMILES string of the molecule is O=C1CCC(N2Cc3cc(N4CCC5(CCC(CO)CC5)C4)ccc3C2=O)C(=O)N1. The summed E-state index contributed by atoms with van der Waals surface area (Å²) in [5.41, 5.74) is 3.14. The molecule has 1 atom stereocenters. The van der Waals surface area contributed by atoms with Gasteiger partial charge in [-0.15, -0.1) is 0 Å². The van der Waals surface area contributed by atoms with Crippen molar-refractivity contribution >= 4 is 23.4 Å². The Morgan fingerprint density at radius 3 is 2.63 bits per heavy atom. The number of aliphatic hydroxyl groups excluding tert-OH is 1. The van der Waals surface area contributed by atoms with E-state index >= 15 is 0 Å². The van der Waals surface area contributed by atoms with Crippen molar-refractivity contribution < 1.29 is 19.5 Å². The smallest absolute Gasteiger partial charge is 0.255 e. The van der Waals surface area contributed by atoms with Gasteiger partial charge in [0.2, 0.25) is 11.8 Å². The molecule has 7 heteroatoms. The zero-order valence-electron chi connectivity index (χ0n) is 17.2. The molecule has 160 valence electrons. The molecule has 1 aromatic rings. The molecule has 1 unspecified atom stereocenters. The van der Waals surface area contributed by atoms with Gasteiger partial charge in [0.15, 0.2) is 0 Å². The normalized spacial score (nSPS) is 31.4. The van der Waals surface area contributed by atoms with Crippen LogP contribution in [0.5, 0.6) is 0 Å². The lowest BCUT2D eigenvalue weighted by atomic mass is 9.70. The molecule has 0 radical (unpaired) electrons. The van der Waals surface area contributed by atoms with E-state index in [0.29, 0.717) is 36.5 Å². The maximum absolute atomic E-state index is 12.9. The number of nitrogens with one attached hydrogen (secondary N) is 1. The second-order valence-corrected chi connectivity index (χ2v) is 9.54. The van der Waals surface area contributed by atoms with Crippen molar-refractivity contribution in [3.05, 3.63) is 29.3 Å². The number of aliphatic hydroxyl groups is 1. The number of carbonyl (C=O) groups is 3. The van der Waals surface area contributed by atoms with Gasteiger partial charge in [-0.2, -0.15) is 0 Å². The highest BCUT2D eigenvalue weighted by atomic mass is 16.3. The number of imide groups is 1. The minimum atomic E-state index is -0.567. The van der Waals surface area contributed by atoms with Crippen LogP contribution < -0.4 is 10.2 Å². The lowest BCUT2D eigenvalue weighted by Gasteiger charge is -2.36. The third kappa shape index (κ3) is 3.29. The Morgan fingerprint density at radius 2 is 1.90 bits per heavy atom. The van der Waals surface area contributed by atoms with E-state index in [4.69, 9.17) is 0 Å². The van der Waals surface area contributed by atoms with Crippen LogP contribution >= 0.6 is 0 Å². The van der Waals surface area contributed by atoms with E-state index in [9.17, 15) is 19.5 Å². The van der Waals surface area contributed by atoms with Crippen LogP contribution in [0.3, 0.4) is 0 Å². The van der Waals surface area contributed by atoms with E-state index in [1.807, 2.05) is 12.1 Å². The minimum absolute atomic E-state index is 0.119. The predicted molar refractivity (Wildman–Crippen MR) is 111 cm³/mol. The van der Waals surface area contributed by atoms with E-state index in [2.05, 4.69) is 16.3 Å². The number of hydrogen-bond acceptors (Lipinski definition) is 5. The zero-order chi connectivity index (χ0) is 20.9. The van der Waals surface area contributed by atoms with Crippen LogP contribution in [0.4, 0.5) is 5.69 Å². The van der Waals surface area contributed by atoms with Crippen LogP contribution in [-0.2, 0) is 16.1 Å². The summed E-state index contributed by atoms with van der Waals surface area (Å²) in [6, 6.07) is 5.47. The first kappa shape index (κ1) is 19.5. The quantitative estimate of drug-likeness (QED) is 0.741. The fourth-order valence-electron chi connectivity index (χ4n) is 5.79. The maximum atomic E-state index is 12.9. The van der Waals surface area contributed by atoms with Crippen LogP contribution in [0.15, 0.2) is 18.2 Å². The van der Waals surface area contributed by atoms with E-state index in [1.54, 1.807) is 4.90 Å². The first-order valence-electron chi connectivity index (χ1n) is 11.1. The van der Waals surface area contributed by atoms with Gasteiger partial charge in [-0.1, -0.05) is 0 Å². The number of hydrogen-bond donors (Lipinski definition) is 2. The summed E-state index contributed by atoms with van der Waals surface area (Å²) in [7, 11) is 0. The molecule has 2 N–H and O–H groups in total. The molecular weight excluding hydrogens is 382 g/mol. The van der Waals surface area contributed by atoms with Gasteiger partial charge in [0.05, 0.1) is 0 Å². The van der Waals surface area contributed by atoms with Crippen LogP contribution in [-0.4, -0.2) is 53.5 Å². The standard InChI is InChI=1S/C23H29N3O4/c27-13-15-5-7-23(8-6-15)9-10-25(14-23)17-1-2-18-16(11-17)12-26(22(18)30)19-3-4-20(28)24-21(19)29/h1-2,11,15,19,27H,3-10,12-14H2,(H,24,28,29). The van der Waals surface area contributed by atoms with Gasteiger partial charge in [-0.3, -0.25) is 19.7 Å². The molecule has 1 saturated carbocycles. The van der Waals surface area contributed by atoms with Crippen molar-refractivity contribution in [2.24, 2.45) is 11.3 Å². The number of carbonyl (C=O) groups excluding carboxylic acids is 3. The number of amides is 3. The summed E-state index contributed by atoms with van der Waals surface area (Å²) in [5.74, 6) is -0.286. The lowest BCUT2D eigenvalue weighted by Crippen LogP contribution is -2.52. The Morgan fingerprint density at radius 1 is 1.10 bits per heavy atom. The highest BCUT2D eigenvalue weighted by molar-refractivity contribution is 6.05. The lowest BCUT2D eigenvalue weighted by molar-refractivity contribution is -0.136. The molecule has 5 rings (SSSR count). The van der Waals surface area contributed by atoms with E-state index in [1.165, 1.54) is 19.3 Å². The summed E-state index contributed by atoms with van der Waals surface area (Å²) in [5, 5.41) is 11.8. The van der Waals surface area contributed by atoms with Gasteiger partial charge in [0.1, 0.15) is 6.04 Å².